The van der Waals surface area contributed by atoms with Crippen LogP contribution in [0.3, 0.4) is 0 Å². The Labute approximate surface area is 129 Å². The molecule has 0 bridgehead atoms. The summed E-state index contributed by atoms with van der Waals surface area (Å²) < 4.78 is 5.67. The quantitative estimate of drug-likeness (QED) is 0.840. The first kappa shape index (κ1) is 14.0. The second-order valence-corrected chi connectivity index (χ2v) is 5.65. The van der Waals surface area contributed by atoms with Gasteiger partial charge in [0.15, 0.2) is 6.10 Å². The number of amides is 1. The minimum Gasteiger partial charge on any atom is -0.479 e. The molecule has 0 saturated carbocycles. The number of carbonyl (C=O) groups excluding carboxylic acids is 1. The molecule has 1 atom stereocenters. The Morgan fingerprint density at radius 3 is 2.76 bits per heavy atom. The largest absolute Gasteiger partial charge is 0.479 e. The molecule has 1 aliphatic rings. The zero-order valence-corrected chi connectivity index (χ0v) is 12.7. The highest BCUT2D eigenvalue weighted by molar-refractivity contribution is 6.31. The first-order valence-corrected chi connectivity index (χ1v) is 7.26. The van der Waals surface area contributed by atoms with Gasteiger partial charge < -0.3 is 9.64 Å². The van der Waals surface area contributed by atoms with E-state index in [9.17, 15) is 4.79 Å². The molecule has 2 aromatic rings. The zero-order chi connectivity index (χ0) is 15.0. The molecule has 1 heterocycles. The number of rotatable bonds is 2. The van der Waals surface area contributed by atoms with E-state index in [1.807, 2.05) is 49.4 Å². The molecule has 0 saturated heterocycles. The number of aryl methyl sites for hydroxylation is 1. The summed E-state index contributed by atoms with van der Waals surface area (Å²) in [6, 6.07) is 13.4. The molecule has 0 unspecified atom stereocenters. The smallest absolute Gasteiger partial charge is 0.268 e. The number of hydrogen-bond acceptors (Lipinski definition) is 2. The number of hydrogen-bond donors (Lipinski definition) is 0. The Morgan fingerprint density at radius 2 is 2.00 bits per heavy atom. The van der Waals surface area contributed by atoms with Crippen LogP contribution in [0.1, 0.15) is 18.1 Å². The maximum Gasteiger partial charge on any atom is 0.268 e. The number of carbonyl (C=O) groups is 1. The lowest BCUT2D eigenvalue weighted by Gasteiger charge is -2.33. The normalized spacial score (nSPS) is 17.4. The highest BCUT2D eigenvalue weighted by Crippen LogP contribution is 2.36. The molecule has 0 N–H and O–H groups in total. The van der Waals surface area contributed by atoms with Gasteiger partial charge in [-0.15, -0.1) is 0 Å². The highest BCUT2D eigenvalue weighted by atomic mass is 35.5. The molecule has 0 radical (unpaired) electrons. The van der Waals surface area contributed by atoms with Crippen molar-refractivity contribution in [2.75, 3.05) is 4.90 Å². The third kappa shape index (κ3) is 2.61. The first-order valence-electron chi connectivity index (χ1n) is 6.88. The summed E-state index contributed by atoms with van der Waals surface area (Å²) in [6.07, 6.45) is -0.484. The molecule has 3 nitrogen and oxygen atoms in total. The maximum absolute atomic E-state index is 12.5. The lowest BCUT2D eigenvalue weighted by molar-refractivity contribution is -0.125. The van der Waals surface area contributed by atoms with Crippen molar-refractivity contribution in [3.8, 4) is 5.75 Å². The van der Waals surface area contributed by atoms with Crippen LogP contribution in [0.25, 0.3) is 0 Å². The van der Waals surface area contributed by atoms with Gasteiger partial charge in [-0.05, 0) is 43.2 Å². The van der Waals surface area contributed by atoms with E-state index in [4.69, 9.17) is 16.3 Å². The molecule has 2 aromatic carbocycles. The van der Waals surface area contributed by atoms with Gasteiger partial charge in [-0.25, -0.2) is 0 Å². The van der Waals surface area contributed by atoms with Crippen LogP contribution < -0.4 is 9.64 Å². The zero-order valence-electron chi connectivity index (χ0n) is 12.0. The summed E-state index contributed by atoms with van der Waals surface area (Å²) in [7, 11) is 0. The van der Waals surface area contributed by atoms with E-state index in [0.717, 1.165) is 22.6 Å². The lowest BCUT2D eigenvalue weighted by Crippen LogP contribution is -2.44. The standard InChI is InChI=1S/C17H16ClNO2/c1-11-7-8-16-15(9-11)19(17(20)12(2)21-16)10-13-5-3-4-6-14(13)18/h3-9,12H,10H2,1-2H3/t12-/m1/s1. The van der Waals surface area contributed by atoms with Gasteiger partial charge in [-0.1, -0.05) is 35.9 Å². The van der Waals surface area contributed by atoms with Gasteiger partial charge in [-0.2, -0.15) is 0 Å². The van der Waals surface area contributed by atoms with Gasteiger partial charge in [0.1, 0.15) is 5.75 Å². The summed E-state index contributed by atoms with van der Waals surface area (Å²) in [5, 5.41) is 0.665. The average molecular weight is 302 g/mol. The molecule has 3 rings (SSSR count). The molecule has 0 aliphatic carbocycles. The molecule has 0 aromatic heterocycles. The molecule has 4 heteroatoms. The molecule has 21 heavy (non-hydrogen) atoms. The van der Waals surface area contributed by atoms with E-state index >= 15 is 0 Å². The summed E-state index contributed by atoms with van der Waals surface area (Å²) in [5.74, 6) is 0.688. The van der Waals surface area contributed by atoms with Crippen molar-refractivity contribution in [2.24, 2.45) is 0 Å². The highest BCUT2D eigenvalue weighted by Gasteiger charge is 2.31. The second-order valence-electron chi connectivity index (χ2n) is 5.25. The van der Waals surface area contributed by atoms with E-state index < -0.39 is 6.10 Å². The van der Waals surface area contributed by atoms with Gasteiger partial charge in [0.25, 0.3) is 5.91 Å². The van der Waals surface area contributed by atoms with E-state index in [1.54, 1.807) is 11.8 Å². The van der Waals surface area contributed by atoms with Crippen LogP contribution in [0, 0.1) is 6.92 Å². The second kappa shape index (κ2) is 5.41. The van der Waals surface area contributed by atoms with Crippen LogP contribution in [0.4, 0.5) is 5.69 Å². The molecule has 108 valence electrons. The SMILES string of the molecule is Cc1ccc2c(c1)N(Cc1ccccc1Cl)C(=O)[C@@H](C)O2. The predicted octanol–water partition coefficient (Wildman–Crippen LogP) is 3.96. The Morgan fingerprint density at radius 1 is 1.24 bits per heavy atom. The Kier molecular flexibility index (Phi) is 3.60. The summed E-state index contributed by atoms with van der Waals surface area (Å²) in [6.45, 7) is 4.21. The fourth-order valence-electron chi connectivity index (χ4n) is 2.48. The van der Waals surface area contributed by atoms with Crippen molar-refractivity contribution in [1.29, 1.82) is 0 Å². The van der Waals surface area contributed by atoms with Gasteiger partial charge in [0, 0.05) is 5.02 Å². The van der Waals surface area contributed by atoms with Crippen LogP contribution in [0.5, 0.6) is 5.75 Å². The monoisotopic (exact) mass is 301 g/mol. The first-order chi connectivity index (χ1) is 10.1. The van der Waals surface area contributed by atoms with Gasteiger partial charge in [0.05, 0.1) is 12.2 Å². The number of anilines is 1. The molecule has 0 spiro atoms. The Bertz CT molecular complexity index is 699. The molecular weight excluding hydrogens is 286 g/mol. The minimum atomic E-state index is -0.484. The summed E-state index contributed by atoms with van der Waals surface area (Å²) in [4.78, 5) is 14.2. The van der Waals surface area contributed by atoms with Gasteiger partial charge >= 0.3 is 0 Å². The minimum absolute atomic E-state index is 0.0481. The molecule has 0 fully saturated rings. The number of halogens is 1. The lowest BCUT2D eigenvalue weighted by atomic mass is 10.1. The van der Waals surface area contributed by atoms with Crippen molar-refractivity contribution >= 4 is 23.2 Å². The van der Waals surface area contributed by atoms with Crippen molar-refractivity contribution in [2.45, 2.75) is 26.5 Å². The van der Waals surface area contributed by atoms with E-state index in [-0.39, 0.29) is 5.91 Å². The molecule has 1 aliphatic heterocycles. The third-order valence-electron chi connectivity index (χ3n) is 3.61. The van der Waals surface area contributed by atoms with Gasteiger partial charge in [0.2, 0.25) is 0 Å². The maximum atomic E-state index is 12.5. The number of fused-ring (bicyclic) bond motifs is 1. The number of ether oxygens (including phenoxy) is 1. The number of nitrogens with zero attached hydrogens (tertiary/aromatic N) is 1. The Hall–Kier alpha value is -2.00. The summed E-state index contributed by atoms with van der Waals surface area (Å²) in [5.41, 5.74) is 2.82. The van der Waals surface area contributed by atoms with Crippen LogP contribution in [-0.4, -0.2) is 12.0 Å². The third-order valence-corrected chi connectivity index (χ3v) is 3.98. The topological polar surface area (TPSA) is 29.5 Å². The van der Waals surface area contributed by atoms with Crippen molar-refractivity contribution in [3.63, 3.8) is 0 Å². The number of benzene rings is 2. The van der Waals surface area contributed by atoms with E-state index in [0.29, 0.717) is 11.6 Å². The van der Waals surface area contributed by atoms with Crippen LogP contribution in [0.2, 0.25) is 5.02 Å². The van der Waals surface area contributed by atoms with Crippen LogP contribution >= 0.6 is 11.6 Å². The van der Waals surface area contributed by atoms with E-state index in [1.165, 1.54) is 0 Å². The fraction of sp³-hybridized carbons (Fsp3) is 0.235. The Balaban J connectivity index is 2.03. The fourth-order valence-corrected chi connectivity index (χ4v) is 2.67. The van der Waals surface area contributed by atoms with Crippen molar-refractivity contribution < 1.29 is 9.53 Å². The molecule has 1 amide bonds. The molecular formula is C17H16ClNO2. The summed E-state index contributed by atoms with van der Waals surface area (Å²) >= 11 is 6.22. The van der Waals surface area contributed by atoms with E-state index in [2.05, 4.69) is 0 Å². The average Bonchev–Trinajstić information content (AvgIpc) is 2.46. The van der Waals surface area contributed by atoms with Gasteiger partial charge in [-0.3, -0.25) is 4.79 Å². The van der Waals surface area contributed by atoms with Crippen LogP contribution in [0.15, 0.2) is 42.5 Å². The predicted molar refractivity (Wildman–Crippen MR) is 83.9 cm³/mol. The van der Waals surface area contributed by atoms with Crippen molar-refractivity contribution in [3.05, 3.63) is 58.6 Å². The van der Waals surface area contributed by atoms with Crippen molar-refractivity contribution in [1.82, 2.24) is 0 Å². The van der Waals surface area contributed by atoms with Crippen LogP contribution in [-0.2, 0) is 11.3 Å².